The van der Waals surface area contributed by atoms with Gasteiger partial charge in [-0.15, -0.1) is 0 Å². The molecule has 0 atom stereocenters. The smallest absolute Gasteiger partial charge is 0.237 e. The maximum absolute atomic E-state index is 12.5. The van der Waals surface area contributed by atoms with Crippen molar-refractivity contribution < 1.29 is 8.42 Å². The normalized spacial score (nSPS) is 11.6. The molecule has 24 heavy (non-hydrogen) atoms. The number of aromatic nitrogens is 4. The molecule has 0 aliphatic carbocycles. The van der Waals surface area contributed by atoms with Crippen LogP contribution in [0.4, 0.5) is 17.2 Å². The molecule has 3 aromatic rings. The van der Waals surface area contributed by atoms with Gasteiger partial charge in [-0.25, -0.2) is 17.7 Å². The topological polar surface area (TPSA) is 115 Å². The fourth-order valence-corrected chi connectivity index (χ4v) is 3.75. The number of rotatable bonds is 3. The maximum atomic E-state index is 12.5. The summed E-state index contributed by atoms with van der Waals surface area (Å²) in [6.07, 6.45) is 5.35. The molecular formula is C13H10BrClN6O2S. The Morgan fingerprint density at radius 1 is 1.21 bits per heavy atom. The van der Waals surface area contributed by atoms with E-state index >= 15 is 0 Å². The predicted molar refractivity (Wildman–Crippen MR) is 95.7 cm³/mol. The third-order valence-electron chi connectivity index (χ3n) is 3.07. The summed E-state index contributed by atoms with van der Waals surface area (Å²) in [7, 11) is -3.82. The third kappa shape index (κ3) is 2.99. The second kappa shape index (κ2) is 6.11. The Morgan fingerprint density at radius 3 is 2.62 bits per heavy atom. The fourth-order valence-electron chi connectivity index (χ4n) is 2.16. The molecule has 8 nitrogen and oxygen atoms in total. The highest BCUT2D eigenvalue weighted by molar-refractivity contribution is 9.10. The number of anilines is 3. The van der Waals surface area contributed by atoms with E-state index in [2.05, 4.69) is 35.9 Å². The molecule has 0 aliphatic rings. The van der Waals surface area contributed by atoms with Crippen molar-refractivity contribution in [1.82, 2.24) is 19.9 Å². The molecule has 3 rings (SSSR count). The molecular weight excluding hydrogens is 420 g/mol. The number of sulfonamides is 1. The first-order valence-electron chi connectivity index (χ1n) is 6.46. The number of fused-ring (bicyclic) bond motifs is 1. The van der Waals surface area contributed by atoms with Crippen molar-refractivity contribution in [2.45, 2.75) is 0 Å². The van der Waals surface area contributed by atoms with Crippen molar-refractivity contribution in [3.05, 3.63) is 40.5 Å². The number of nitrogen functional groups attached to an aromatic ring is 1. The van der Waals surface area contributed by atoms with Crippen molar-refractivity contribution in [2.75, 3.05) is 16.3 Å². The maximum Gasteiger partial charge on any atom is 0.237 e. The Bertz CT molecular complexity index is 1050. The van der Waals surface area contributed by atoms with Crippen molar-refractivity contribution in [3.8, 4) is 0 Å². The Hall–Kier alpha value is -2.04. The molecule has 0 radical (unpaired) electrons. The van der Waals surface area contributed by atoms with Gasteiger partial charge in [0.1, 0.15) is 11.2 Å². The zero-order valence-corrected chi connectivity index (χ0v) is 15.3. The van der Waals surface area contributed by atoms with Crippen LogP contribution in [0, 0.1) is 0 Å². The minimum atomic E-state index is -3.82. The van der Waals surface area contributed by atoms with Gasteiger partial charge in [-0.2, -0.15) is 4.98 Å². The summed E-state index contributed by atoms with van der Waals surface area (Å²) >= 11 is 9.08. The first-order chi connectivity index (χ1) is 11.3. The number of nitrogens with two attached hydrogens (primary N) is 1. The molecule has 11 heteroatoms. The zero-order chi connectivity index (χ0) is 17.5. The van der Waals surface area contributed by atoms with Crippen LogP contribution >= 0.6 is 27.5 Å². The van der Waals surface area contributed by atoms with Gasteiger partial charge in [0.25, 0.3) is 0 Å². The molecule has 0 saturated carbocycles. The quantitative estimate of drug-likeness (QED) is 0.502. The summed E-state index contributed by atoms with van der Waals surface area (Å²) in [4.78, 5) is 16.2. The van der Waals surface area contributed by atoms with Crippen molar-refractivity contribution in [2.24, 2.45) is 0 Å². The van der Waals surface area contributed by atoms with Gasteiger partial charge in [-0.05, 0) is 39.7 Å². The van der Waals surface area contributed by atoms with Crippen LogP contribution in [0.15, 0.2) is 35.2 Å². The van der Waals surface area contributed by atoms with Crippen LogP contribution < -0.4 is 10.0 Å². The van der Waals surface area contributed by atoms with E-state index in [0.29, 0.717) is 15.5 Å². The first kappa shape index (κ1) is 16.8. The van der Waals surface area contributed by atoms with E-state index in [1.807, 2.05) is 0 Å². The lowest BCUT2D eigenvalue weighted by atomic mass is 10.2. The van der Waals surface area contributed by atoms with E-state index in [4.69, 9.17) is 17.3 Å². The average molecular weight is 430 g/mol. The van der Waals surface area contributed by atoms with Gasteiger partial charge >= 0.3 is 0 Å². The van der Waals surface area contributed by atoms with Gasteiger partial charge < -0.3 is 5.73 Å². The summed E-state index contributed by atoms with van der Waals surface area (Å²) in [5.41, 5.74) is 7.22. The molecule has 0 fully saturated rings. The van der Waals surface area contributed by atoms with E-state index < -0.39 is 10.0 Å². The first-order valence-corrected chi connectivity index (χ1v) is 9.48. The second-order valence-electron chi connectivity index (χ2n) is 4.77. The number of nitrogens with zero attached hydrogens (tertiary/aromatic N) is 5. The van der Waals surface area contributed by atoms with Crippen LogP contribution in [-0.4, -0.2) is 34.6 Å². The molecule has 2 aromatic heterocycles. The summed E-state index contributed by atoms with van der Waals surface area (Å²) < 4.78 is 26.3. The zero-order valence-electron chi connectivity index (χ0n) is 12.2. The summed E-state index contributed by atoms with van der Waals surface area (Å²) in [6.45, 7) is 0. The van der Waals surface area contributed by atoms with Crippen LogP contribution in [-0.2, 0) is 10.0 Å². The molecule has 124 valence electrons. The Morgan fingerprint density at radius 2 is 1.92 bits per heavy atom. The number of hydrogen-bond acceptors (Lipinski definition) is 7. The van der Waals surface area contributed by atoms with Gasteiger partial charge in [0.05, 0.1) is 21.9 Å². The molecule has 1 aromatic carbocycles. The molecule has 2 N–H and O–H groups in total. The van der Waals surface area contributed by atoms with E-state index in [1.165, 1.54) is 18.6 Å². The van der Waals surface area contributed by atoms with Gasteiger partial charge in [-0.3, -0.25) is 9.97 Å². The largest absolute Gasteiger partial charge is 0.397 e. The van der Waals surface area contributed by atoms with Crippen LogP contribution in [0.1, 0.15) is 0 Å². The van der Waals surface area contributed by atoms with Crippen LogP contribution in [0.5, 0.6) is 0 Å². The third-order valence-corrected chi connectivity index (χ3v) is 4.83. The number of halogens is 2. The molecule has 0 amide bonds. The SMILES string of the molecule is CS(=O)(=O)N(c1nc(Cl)ncc1Br)c1c(N)ccc2nccnc12. The molecule has 0 aliphatic heterocycles. The highest BCUT2D eigenvalue weighted by atomic mass is 79.9. The van der Waals surface area contributed by atoms with E-state index in [9.17, 15) is 8.42 Å². The highest BCUT2D eigenvalue weighted by Gasteiger charge is 2.28. The van der Waals surface area contributed by atoms with Gasteiger partial charge in [-0.1, -0.05) is 0 Å². The van der Waals surface area contributed by atoms with Crippen LogP contribution in [0.2, 0.25) is 5.28 Å². The minimum Gasteiger partial charge on any atom is -0.397 e. The lowest BCUT2D eigenvalue weighted by Crippen LogP contribution is -2.27. The lowest BCUT2D eigenvalue weighted by molar-refractivity contribution is 0.601. The average Bonchev–Trinajstić information content (AvgIpc) is 2.52. The number of benzene rings is 1. The van der Waals surface area contributed by atoms with Crippen molar-refractivity contribution >= 4 is 65.8 Å². The Kier molecular flexibility index (Phi) is 4.28. The van der Waals surface area contributed by atoms with E-state index in [0.717, 1.165) is 10.6 Å². The standard InChI is InChI=1S/C13H10BrClN6O2S/c1-24(22,23)21(12-7(14)6-19-13(15)20-12)11-8(16)2-3-9-10(11)18-5-4-17-9/h2-6H,16H2,1H3. The molecule has 0 spiro atoms. The van der Waals surface area contributed by atoms with E-state index in [-0.39, 0.29) is 22.5 Å². The van der Waals surface area contributed by atoms with Crippen molar-refractivity contribution in [1.29, 1.82) is 0 Å². The van der Waals surface area contributed by atoms with Crippen LogP contribution in [0.3, 0.4) is 0 Å². The van der Waals surface area contributed by atoms with Crippen molar-refractivity contribution in [3.63, 3.8) is 0 Å². The van der Waals surface area contributed by atoms with Gasteiger partial charge in [0.15, 0.2) is 5.82 Å². The summed E-state index contributed by atoms with van der Waals surface area (Å²) in [5.74, 6) is 0.0300. The van der Waals surface area contributed by atoms with Gasteiger partial charge in [0.2, 0.25) is 15.3 Å². The molecule has 0 bridgehead atoms. The lowest BCUT2D eigenvalue weighted by Gasteiger charge is -2.24. The second-order valence-corrected chi connectivity index (χ2v) is 7.79. The predicted octanol–water partition coefficient (Wildman–Crippen LogP) is 2.52. The highest BCUT2D eigenvalue weighted by Crippen LogP contribution is 2.39. The Labute approximate surface area is 150 Å². The summed E-state index contributed by atoms with van der Waals surface area (Å²) in [6, 6.07) is 3.21. The fraction of sp³-hybridized carbons (Fsp3) is 0.0769. The Balaban J connectivity index is 2.42. The number of hydrogen-bond donors (Lipinski definition) is 1. The van der Waals surface area contributed by atoms with E-state index in [1.54, 1.807) is 12.1 Å². The monoisotopic (exact) mass is 428 g/mol. The van der Waals surface area contributed by atoms with Crippen LogP contribution in [0.25, 0.3) is 11.0 Å². The molecule has 0 saturated heterocycles. The molecule has 2 heterocycles. The van der Waals surface area contributed by atoms with Gasteiger partial charge in [0, 0.05) is 18.6 Å². The molecule has 0 unspecified atom stereocenters. The summed E-state index contributed by atoms with van der Waals surface area (Å²) in [5, 5.41) is -0.105. The minimum absolute atomic E-state index is 0.0300.